The van der Waals surface area contributed by atoms with Gasteiger partial charge in [0.05, 0.1) is 5.92 Å². The van der Waals surface area contributed by atoms with Crippen molar-refractivity contribution in [2.45, 2.75) is 45.7 Å². The number of rotatable bonds is 9. The Morgan fingerprint density at radius 3 is 2.08 bits per heavy atom. The number of likely N-dealkylation sites (tertiary alicyclic amines) is 1. The zero-order valence-electron chi connectivity index (χ0n) is 28.3. The Kier molecular flexibility index (Phi) is 8.56. The van der Waals surface area contributed by atoms with Crippen molar-refractivity contribution in [3.8, 4) is 11.1 Å². The van der Waals surface area contributed by atoms with Crippen LogP contribution in [0.5, 0.6) is 0 Å². The molecule has 0 saturated carbocycles. The van der Waals surface area contributed by atoms with Crippen LogP contribution in [-0.4, -0.2) is 55.5 Å². The molecule has 2 aromatic carbocycles. The van der Waals surface area contributed by atoms with Crippen LogP contribution in [0.3, 0.4) is 0 Å². The molecular formula is C40H40N8O2. The number of aromatic nitrogens is 4. The Bertz CT molecular complexity index is 2230. The highest BCUT2D eigenvalue weighted by atomic mass is 16.4. The van der Waals surface area contributed by atoms with E-state index in [4.69, 9.17) is 9.97 Å². The molecule has 0 bridgehead atoms. The Labute approximate surface area is 291 Å². The molecule has 2 fully saturated rings. The lowest BCUT2D eigenvalue weighted by Crippen LogP contribution is -2.22. The number of fused-ring (bicyclic) bond motifs is 2. The lowest BCUT2D eigenvalue weighted by molar-refractivity contribution is -0.141. The quantitative estimate of drug-likeness (QED) is 0.122. The number of nitrogens with one attached hydrogen (secondary N) is 3. The standard InChI is InChI=1S/C40H40N8O2/c1-24-31(32-7-4-9-34(25(32)2)47-39-37-28(12-16-43-39)19-30(21-45-37)35-10-5-14-41-35)6-3-8-33(24)46-38-36-27(11-15-42-38)18-26(20-44-36)22-48-17-13-29(23-48)40(49)50/h3-4,6-9,11-12,15-16,18-21,29,35,41H,5,10,13-14,17,22-23H2,1-2H3,(H,42,46)(H,43,47)(H,49,50)/t29-,35?/m1/s1. The predicted octanol–water partition coefficient (Wildman–Crippen LogP) is 7.68. The molecule has 0 aliphatic carbocycles. The molecule has 10 nitrogen and oxygen atoms in total. The minimum Gasteiger partial charge on any atom is -0.481 e. The van der Waals surface area contributed by atoms with E-state index in [0.717, 1.165) is 86.3 Å². The fraction of sp³-hybridized carbons (Fsp3) is 0.275. The number of hydrogen-bond acceptors (Lipinski definition) is 9. The summed E-state index contributed by atoms with van der Waals surface area (Å²) in [7, 11) is 0. The third-order valence-electron chi connectivity index (χ3n) is 10.2. The van der Waals surface area contributed by atoms with E-state index >= 15 is 0 Å². The van der Waals surface area contributed by atoms with Gasteiger partial charge in [0.15, 0.2) is 11.6 Å². The summed E-state index contributed by atoms with van der Waals surface area (Å²) in [6.07, 6.45) is 10.5. The molecule has 6 heterocycles. The van der Waals surface area contributed by atoms with Gasteiger partial charge >= 0.3 is 5.97 Å². The van der Waals surface area contributed by atoms with Crippen LogP contribution in [0.4, 0.5) is 23.0 Å². The molecule has 252 valence electrons. The van der Waals surface area contributed by atoms with Crippen LogP contribution in [0.2, 0.25) is 0 Å². The van der Waals surface area contributed by atoms with Crippen LogP contribution in [0.25, 0.3) is 32.9 Å². The van der Waals surface area contributed by atoms with Gasteiger partial charge in [-0.3, -0.25) is 19.7 Å². The zero-order valence-corrected chi connectivity index (χ0v) is 28.3. The third-order valence-corrected chi connectivity index (χ3v) is 10.2. The second-order valence-electron chi connectivity index (χ2n) is 13.5. The Morgan fingerprint density at radius 2 is 1.48 bits per heavy atom. The number of carbonyl (C=O) groups is 1. The number of carboxylic acid groups (broad SMARTS) is 1. The van der Waals surface area contributed by atoms with Gasteiger partial charge in [0.1, 0.15) is 11.0 Å². The van der Waals surface area contributed by atoms with E-state index in [0.29, 0.717) is 31.4 Å². The summed E-state index contributed by atoms with van der Waals surface area (Å²) >= 11 is 0. The van der Waals surface area contributed by atoms with Gasteiger partial charge in [0, 0.05) is 66.1 Å². The van der Waals surface area contributed by atoms with Gasteiger partial charge in [-0.15, -0.1) is 0 Å². The average molecular weight is 665 g/mol. The lowest BCUT2D eigenvalue weighted by atomic mass is 9.94. The topological polar surface area (TPSA) is 128 Å². The van der Waals surface area contributed by atoms with Crippen molar-refractivity contribution in [3.63, 3.8) is 0 Å². The van der Waals surface area contributed by atoms with Gasteiger partial charge in [-0.25, -0.2) is 9.97 Å². The van der Waals surface area contributed by atoms with Crippen molar-refractivity contribution < 1.29 is 9.90 Å². The predicted molar refractivity (Wildman–Crippen MR) is 198 cm³/mol. The van der Waals surface area contributed by atoms with Crippen LogP contribution in [0.15, 0.2) is 85.5 Å². The summed E-state index contributed by atoms with van der Waals surface area (Å²) < 4.78 is 0. The molecule has 0 radical (unpaired) electrons. The first kappa shape index (κ1) is 31.8. The Hall–Kier alpha value is -5.45. The summed E-state index contributed by atoms with van der Waals surface area (Å²) in [6.45, 7) is 7.35. The fourth-order valence-electron chi connectivity index (χ4n) is 7.43. The van der Waals surface area contributed by atoms with Crippen molar-refractivity contribution in [2.75, 3.05) is 30.3 Å². The van der Waals surface area contributed by atoms with Gasteiger partial charge in [0.25, 0.3) is 0 Å². The molecule has 4 aromatic heterocycles. The van der Waals surface area contributed by atoms with E-state index < -0.39 is 5.97 Å². The van der Waals surface area contributed by atoms with Gasteiger partial charge in [-0.1, -0.05) is 24.3 Å². The van der Waals surface area contributed by atoms with Crippen molar-refractivity contribution in [3.05, 3.63) is 108 Å². The van der Waals surface area contributed by atoms with E-state index in [1.807, 2.05) is 30.7 Å². The minimum atomic E-state index is -0.716. The summed E-state index contributed by atoms with van der Waals surface area (Å²) in [4.78, 5) is 32.6. The number of carboxylic acids is 1. The van der Waals surface area contributed by atoms with E-state index in [-0.39, 0.29) is 5.92 Å². The summed E-state index contributed by atoms with van der Waals surface area (Å²) in [5.41, 5.74) is 10.3. The highest BCUT2D eigenvalue weighted by molar-refractivity contribution is 5.93. The number of pyridine rings is 4. The molecule has 1 unspecified atom stereocenters. The molecular weight excluding hydrogens is 624 g/mol. The van der Waals surface area contributed by atoms with Crippen molar-refractivity contribution in [2.24, 2.45) is 5.92 Å². The van der Waals surface area contributed by atoms with E-state index in [1.54, 1.807) is 6.20 Å². The number of benzene rings is 2. The molecule has 6 aromatic rings. The van der Waals surface area contributed by atoms with Crippen molar-refractivity contribution >= 4 is 50.8 Å². The summed E-state index contributed by atoms with van der Waals surface area (Å²) in [6, 6.07) is 21.3. The summed E-state index contributed by atoms with van der Waals surface area (Å²) in [5, 5.41) is 22.2. The molecule has 2 aliphatic rings. The third kappa shape index (κ3) is 6.23. The molecule has 0 amide bonds. The molecule has 50 heavy (non-hydrogen) atoms. The number of hydrogen-bond donors (Lipinski definition) is 4. The molecule has 4 N–H and O–H groups in total. The first-order chi connectivity index (χ1) is 24.4. The first-order valence-corrected chi connectivity index (χ1v) is 17.3. The fourth-order valence-corrected chi connectivity index (χ4v) is 7.43. The maximum atomic E-state index is 11.4. The normalized spacial score (nSPS) is 17.8. The van der Waals surface area contributed by atoms with Crippen molar-refractivity contribution in [1.82, 2.24) is 30.2 Å². The smallest absolute Gasteiger partial charge is 0.307 e. The molecule has 2 atom stereocenters. The molecule has 0 spiro atoms. The van der Waals surface area contributed by atoms with Gasteiger partial charge < -0.3 is 21.1 Å². The minimum absolute atomic E-state index is 0.295. The van der Waals surface area contributed by atoms with Gasteiger partial charge in [-0.2, -0.15) is 0 Å². The number of nitrogens with zero attached hydrogens (tertiary/aromatic N) is 5. The highest BCUT2D eigenvalue weighted by Crippen LogP contribution is 2.37. The average Bonchev–Trinajstić information content (AvgIpc) is 3.84. The largest absolute Gasteiger partial charge is 0.481 e. The lowest BCUT2D eigenvalue weighted by Gasteiger charge is -2.18. The van der Waals surface area contributed by atoms with Crippen LogP contribution in [-0.2, 0) is 11.3 Å². The maximum Gasteiger partial charge on any atom is 0.307 e. The first-order valence-electron chi connectivity index (χ1n) is 17.3. The van der Waals surface area contributed by atoms with Crippen LogP contribution in [0.1, 0.15) is 47.6 Å². The number of aliphatic carboxylic acids is 1. The number of anilines is 4. The van der Waals surface area contributed by atoms with Gasteiger partial charge in [-0.05, 0) is 116 Å². The molecule has 10 heteroatoms. The molecule has 2 aliphatic heterocycles. The van der Waals surface area contributed by atoms with Crippen LogP contribution in [0, 0.1) is 19.8 Å². The Morgan fingerprint density at radius 1 is 0.840 bits per heavy atom. The monoisotopic (exact) mass is 664 g/mol. The van der Waals surface area contributed by atoms with E-state index in [9.17, 15) is 9.90 Å². The molecule has 8 rings (SSSR count). The Balaban J connectivity index is 1.04. The van der Waals surface area contributed by atoms with Gasteiger partial charge in [0.2, 0.25) is 0 Å². The van der Waals surface area contributed by atoms with Crippen LogP contribution >= 0.6 is 0 Å². The maximum absolute atomic E-state index is 11.4. The van der Waals surface area contributed by atoms with Crippen molar-refractivity contribution in [1.29, 1.82) is 0 Å². The SMILES string of the molecule is Cc1c(Nc2nccc3cc(CN4CC[C@@H](C(=O)O)C4)cnc23)cccc1-c1cccc(Nc2nccc3cc(C4CCCN4)cnc23)c1C. The zero-order chi connectivity index (χ0) is 34.2. The van der Waals surface area contributed by atoms with E-state index in [2.05, 4.69) is 93.2 Å². The highest BCUT2D eigenvalue weighted by Gasteiger charge is 2.28. The summed E-state index contributed by atoms with van der Waals surface area (Å²) in [5.74, 6) is 0.417. The van der Waals surface area contributed by atoms with E-state index in [1.165, 1.54) is 12.0 Å². The second kappa shape index (κ2) is 13.5. The van der Waals surface area contributed by atoms with Crippen LogP contribution < -0.4 is 16.0 Å². The second-order valence-corrected chi connectivity index (χ2v) is 13.5. The molecule has 2 saturated heterocycles.